The molecular formula is C19H17ClFN5O3. The molecular weight excluding hydrogens is 401 g/mol. The number of carbonyl (C=O) groups is 1. The van der Waals surface area contributed by atoms with E-state index in [0.29, 0.717) is 0 Å². The van der Waals surface area contributed by atoms with E-state index in [2.05, 4.69) is 15.3 Å². The topological polar surface area (TPSA) is 104 Å². The SMILES string of the molecule is CN(Cc1nonc1C(=Nc1ccc(F)c(Cl)c1)NO)C(=O)Cc1ccccc1. The number of halogens is 2. The summed E-state index contributed by atoms with van der Waals surface area (Å²) in [5.41, 5.74) is 3.46. The van der Waals surface area contributed by atoms with Crippen LogP contribution in [0.3, 0.4) is 0 Å². The largest absolute Gasteiger partial charge is 0.339 e. The molecule has 29 heavy (non-hydrogen) atoms. The molecule has 0 fully saturated rings. The van der Waals surface area contributed by atoms with Crippen LogP contribution < -0.4 is 5.48 Å². The summed E-state index contributed by atoms with van der Waals surface area (Å²) < 4.78 is 18.1. The van der Waals surface area contributed by atoms with E-state index in [1.165, 1.54) is 17.0 Å². The van der Waals surface area contributed by atoms with Gasteiger partial charge < -0.3 is 4.90 Å². The van der Waals surface area contributed by atoms with Gasteiger partial charge in [-0.05, 0) is 28.9 Å². The van der Waals surface area contributed by atoms with E-state index in [-0.39, 0.29) is 46.8 Å². The Morgan fingerprint density at radius 3 is 2.72 bits per heavy atom. The maximum Gasteiger partial charge on any atom is 0.227 e. The molecule has 0 spiro atoms. The fourth-order valence-electron chi connectivity index (χ4n) is 2.52. The molecule has 2 N–H and O–H groups in total. The standard InChI is InChI=1S/C19H17ClFN5O3/c1-26(17(27)9-12-5-3-2-4-6-12)11-16-18(25-29-24-16)19(23-28)22-13-7-8-15(21)14(20)10-13/h2-8,10,28H,9,11H2,1H3,(H,22,23). The van der Waals surface area contributed by atoms with Crippen molar-refractivity contribution in [2.24, 2.45) is 4.99 Å². The van der Waals surface area contributed by atoms with E-state index in [0.717, 1.165) is 11.6 Å². The fourth-order valence-corrected chi connectivity index (χ4v) is 2.70. The monoisotopic (exact) mass is 417 g/mol. The number of carbonyl (C=O) groups excluding carboxylic acids is 1. The number of amides is 1. The summed E-state index contributed by atoms with van der Waals surface area (Å²) in [5.74, 6) is -0.815. The van der Waals surface area contributed by atoms with Crippen molar-refractivity contribution in [1.82, 2.24) is 20.7 Å². The van der Waals surface area contributed by atoms with Crippen LogP contribution >= 0.6 is 11.6 Å². The number of aliphatic imine (C=N–C) groups is 1. The number of likely N-dealkylation sites (N-methyl/N-ethyl adjacent to an activating group) is 1. The van der Waals surface area contributed by atoms with Crippen molar-refractivity contribution < 1.29 is 19.0 Å². The van der Waals surface area contributed by atoms with Gasteiger partial charge in [0.2, 0.25) is 5.91 Å². The third-order valence-corrected chi connectivity index (χ3v) is 4.33. The molecule has 8 nitrogen and oxygen atoms in total. The molecule has 10 heteroatoms. The molecule has 0 aliphatic heterocycles. The van der Waals surface area contributed by atoms with Crippen LogP contribution in [0.1, 0.15) is 17.0 Å². The van der Waals surface area contributed by atoms with Crippen LogP contribution in [-0.4, -0.2) is 39.2 Å². The van der Waals surface area contributed by atoms with E-state index < -0.39 is 5.82 Å². The van der Waals surface area contributed by atoms with Gasteiger partial charge in [0.15, 0.2) is 11.5 Å². The molecule has 0 saturated heterocycles. The maximum atomic E-state index is 13.3. The summed E-state index contributed by atoms with van der Waals surface area (Å²) in [6.45, 7) is 0.0787. The van der Waals surface area contributed by atoms with Crippen LogP contribution in [-0.2, 0) is 17.8 Å². The summed E-state index contributed by atoms with van der Waals surface area (Å²) in [7, 11) is 1.62. The molecule has 0 aliphatic carbocycles. The summed E-state index contributed by atoms with van der Waals surface area (Å²) in [4.78, 5) is 18.1. The van der Waals surface area contributed by atoms with Gasteiger partial charge in [0.05, 0.1) is 23.7 Å². The first-order chi connectivity index (χ1) is 14.0. The number of rotatable bonds is 6. The highest BCUT2D eigenvalue weighted by Crippen LogP contribution is 2.22. The van der Waals surface area contributed by atoms with E-state index in [1.54, 1.807) is 7.05 Å². The molecule has 0 aliphatic rings. The quantitative estimate of drug-likeness (QED) is 0.363. The molecule has 3 aromatic rings. The Morgan fingerprint density at radius 2 is 2.03 bits per heavy atom. The first-order valence-corrected chi connectivity index (χ1v) is 8.89. The predicted molar refractivity (Wildman–Crippen MR) is 103 cm³/mol. The van der Waals surface area contributed by atoms with Crippen LogP contribution in [0, 0.1) is 5.82 Å². The molecule has 0 saturated carbocycles. The second kappa shape index (κ2) is 9.26. The average Bonchev–Trinajstić information content (AvgIpc) is 3.17. The Kier molecular flexibility index (Phi) is 6.53. The predicted octanol–water partition coefficient (Wildman–Crippen LogP) is 3.12. The molecule has 0 unspecified atom stereocenters. The Hall–Kier alpha value is -3.30. The molecule has 0 radical (unpaired) electrons. The second-order valence-electron chi connectivity index (χ2n) is 6.14. The Balaban J connectivity index is 1.77. The van der Waals surface area contributed by atoms with E-state index >= 15 is 0 Å². The Labute approximate surface area is 170 Å². The van der Waals surface area contributed by atoms with Crippen LogP contribution in [0.15, 0.2) is 58.2 Å². The molecule has 2 aromatic carbocycles. The normalized spacial score (nSPS) is 11.4. The van der Waals surface area contributed by atoms with Crippen LogP contribution in [0.5, 0.6) is 0 Å². The summed E-state index contributed by atoms with van der Waals surface area (Å²) in [6.07, 6.45) is 0.227. The molecule has 0 bridgehead atoms. The maximum absolute atomic E-state index is 13.3. The number of amidine groups is 1. The Bertz CT molecular complexity index is 1030. The third-order valence-electron chi connectivity index (χ3n) is 4.04. The molecule has 1 amide bonds. The zero-order valence-electron chi connectivity index (χ0n) is 15.3. The number of hydrogen-bond acceptors (Lipinski definition) is 6. The van der Waals surface area contributed by atoms with Gasteiger partial charge in [0, 0.05) is 7.05 Å². The average molecular weight is 418 g/mol. The molecule has 150 valence electrons. The number of hydrogen-bond donors (Lipinski definition) is 2. The van der Waals surface area contributed by atoms with Crippen molar-refractivity contribution in [2.45, 2.75) is 13.0 Å². The molecule has 3 rings (SSSR count). The zero-order chi connectivity index (χ0) is 20.8. The molecule has 1 aromatic heterocycles. The number of benzene rings is 2. The van der Waals surface area contributed by atoms with Crippen LogP contribution in [0.25, 0.3) is 0 Å². The van der Waals surface area contributed by atoms with Gasteiger partial charge in [0.1, 0.15) is 11.5 Å². The van der Waals surface area contributed by atoms with Crippen molar-refractivity contribution in [3.8, 4) is 0 Å². The van der Waals surface area contributed by atoms with Crippen molar-refractivity contribution >= 4 is 29.0 Å². The minimum absolute atomic E-state index is 0.0787. The first-order valence-electron chi connectivity index (χ1n) is 8.51. The van der Waals surface area contributed by atoms with Crippen molar-refractivity contribution in [1.29, 1.82) is 0 Å². The fraction of sp³-hybridized carbons (Fsp3) is 0.158. The third kappa shape index (κ3) is 5.15. The van der Waals surface area contributed by atoms with E-state index in [9.17, 15) is 14.4 Å². The Morgan fingerprint density at radius 1 is 1.28 bits per heavy atom. The number of aromatic nitrogens is 2. The van der Waals surface area contributed by atoms with Gasteiger partial charge in [0.25, 0.3) is 0 Å². The van der Waals surface area contributed by atoms with Gasteiger partial charge in [-0.2, -0.15) is 0 Å². The summed E-state index contributed by atoms with van der Waals surface area (Å²) >= 11 is 5.75. The van der Waals surface area contributed by atoms with Crippen molar-refractivity contribution in [3.63, 3.8) is 0 Å². The first kappa shape index (κ1) is 20.4. The lowest BCUT2D eigenvalue weighted by Crippen LogP contribution is -2.29. The van der Waals surface area contributed by atoms with Gasteiger partial charge in [-0.1, -0.05) is 47.1 Å². The number of nitrogens with one attached hydrogen (secondary N) is 1. The van der Waals surface area contributed by atoms with Gasteiger partial charge >= 0.3 is 0 Å². The van der Waals surface area contributed by atoms with Crippen LogP contribution in [0.4, 0.5) is 10.1 Å². The molecule has 0 atom stereocenters. The zero-order valence-corrected chi connectivity index (χ0v) is 16.1. The highest BCUT2D eigenvalue weighted by atomic mass is 35.5. The van der Waals surface area contributed by atoms with Gasteiger partial charge in [-0.25, -0.2) is 14.0 Å². The van der Waals surface area contributed by atoms with Crippen molar-refractivity contribution in [2.75, 3.05) is 7.05 Å². The molecule has 1 heterocycles. The highest BCUT2D eigenvalue weighted by Gasteiger charge is 2.20. The van der Waals surface area contributed by atoms with Gasteiger partial charge in [-0.3, -0.25) is 15.5 Å². The van der Waals surface area contributed by atoms with Crippen LogP contribution in [0.2, 0.25) is 5.02 Å². The minimum Gasteiger partial charge on any atom is -0.339 e. The lowest BCUT2D eigenvalue weighted by Gasteiger charge is -2.16. The summed E-state index contributed by atoms with van der Waals surface area (Å²) in [5, 5.41) is 16.9. The summed E-state index contributed by atoms with van der Waals surface area (Å²) in [6, 6.07) is 13.1. The lowest BCUT2D eigenvalue weighted by atomic mass is 10.1. The smallest absolute Gasteiger partial charge is 0.227 e. The van der Waals surface area contributed by atoms with Crippen molar-refractivity contribution in [3.05, 3.63) is 76.3 Å². The second-order valence-corrected chi connectivity index (χ2v) is 6.55. The van der Waals surface area contributed by atoms with E-state index in [4.69, 9.17) is 16.2 Å². The number of nitrogens with zero attached hydrogens (tertiary/aromatic N) is 4. The number of hydroxylamine groups is 1. The highest BCUT2D eigenvalue weighted by molar-refractivity contribution is 6.31. The lowest BCUT2D eigenvalue weighted by molar-refractivity contribution is -0.129. The van der Waals surface area contributed by atoms with E-state index in [1.807, 2.05) is 35.8 Å². The minimum atomic E-state index is -0.591. The van der Waals surface area contributed by atoms with Gasteiger partial charge in [-0.15, -0.1) is 0 Å².